The Bertz CT molecular complexity index is 581. The maximum absolute atomic E-state index is 10.6. The summed E-state index contributed by atoms with van der Waals surface area (Å²) >= 11 is 3.47. The van der Waals surface area contributed by atoms with E-state index in [1.165, 1.54) is 0 Å². The zero-order chi connectivity index (χ0) is 15.4. The summed E-state index contributed by atoms with van der Waals surface area (Å²) in [6.45, 7) is 1.58. The summed E-state index contributed by atoms with van der Waals surface area (Å²) in [7, 11) is 5.65. The Hall–Kier alpha value is -1.37. The molecule has 1 aromatic carbocycles. The number of rotatable bonds is 6. The maximum Gasteiger partial charge on any atom is 0.122 e. The minimum absolute atomic E-state index is 0.723. The molecule has 5 nitrogen and oxygen atoms in total. The molecule has 0 fully saturated rings. The van der Waals surface area contributed by atoms with Crippen LogP contribution in [0.4, 0.5) is 0 Å². The van der Waals surface area contributed by atoms with E-state index in [4.69, 9.17) is 4.74 Å². The van der Waals surface area contributed by atoms with E-state index in [2.05, 4.69) is 25.9 Å². The van der Waals surface area contributed by atoms with Crippen molar-refractivity contribution in [1.82, 2.24) is 14.7 Å². The summed E-state index contributed by atoms with van der Waals surface area (Å²) in [6, 6.07) is 7.40. The number of methoxy groups -OCH3 is 1. The van der Waals surface area contributed by atoms with Crippen molar-refractivity contribution >= 4 is 15.9 Å². The average Bonchev–Trinajstić information content (AvgIpc) is 2.85. The van der Waals surface area contributed by atoms with Gasteiger partial charge in [-0.05, 0) is 47.7 Å². The highest BCUT2D eigenvalue weighted by Gasteiger charge is 2.19. The Kier molecular flexibility index (Phi) is 5.39. The molecule has 1 unspecified atom stereocenters. The summed E-state index contributed by atoms with van der Waals surface area (Å²) < 4.78 is 7.78. The van der Waals surface area contributed by atoms with Crippen molar-refractivity contribution in [3.63, 3.8) is 0 Å². The van der Waals surface area contributed by atoms with Crippen molar-refractivity contribution in [2.45, 2.75) is 12.6 Å². The Labute approximate surface area is 133 Å². The number of halogens is 1. The van der Waals surface area contributed by atoms with Crippen molar-refractivity contribution in [2.24, 2.45) is 0 Å². The molecule has 1 atom stereocenters. The topological polar surface area (TPSA) is 50.5 Å². The Morgan fingerprint density at radius 3 is 2.57 bits per heavy atom. The predicted molar refractivity (Wildman–Crippen MR) is 85.5 cm³/mol. The fourth-order valence-corrected chi connectivity index (χ4v) is 2.57. The van der Waals surface area contributed by atoms with E-state index < -0.39 is 6.10 Å². The second-order valence-electron chi connectivity index (χ2n) is 5.08. The lowest BCUT2D eigenvalue weighted by molar-refractivity contribution is 0.204. The van der Waals surface area contributed by atoms with Gasteiger partial charge in [0.15, 0.2) is 0 Å². The number of aliphatic hydroxyl groups is 1. The molecular weight excluding hydrogens is 334 g/mol. The number of hydrogen-bond donors (Lipinski definition) is 1. The Morgan fingerprint density at radius 1 is 1.33 bits per heavy atom. The van der Waals surface area contributed by atoms with Crippen LogP contribution in [-0.2, 0) is 6.54 Å². The number of aliphatic hydroxyl groups excluding tert-OH is 1. The lowest BCUT2D eigenvalue weighted by atomic mass is 10.1. The zero-order valence-corrected chi connectivity index (χ0v) is 14.0. The van der Waals surface area contributed by atoms with Crippen LogP contribution >= 0.6 is 15.9 Å². The van der Waals surface area contributed by atoms with Crippen LogP contribution in [0.3, 0.4) is 0 Å². The van der Waals surface area contributed by atoms with Crippen LogP contribution in [0, 0.1) is 0 Å². The van der Waals surface area contributed by atoms with Gasteiger partial charge in [-0.3, -0.25) is 4.68 Å². The van der Waals surface area contributed by atoms with Crippen LogP contribution in [0.1, 0.15) is 17.4 Å². The van der Waals surface area contributed by atoms with Crippen molar-refractivity contribution in [2.75, 3.05) is 27.7 Å². The molecule has 0 amide bonds. The molecule has 1 heterocycles. The molecule has 1 N–H and O–H groups in total. The molecule has 1 aromatic heterocycles. The van der Waals surface area contributed by atoms with Crippen molar-refractivity contribution in [3.8, 4) is 5.75 Å². The number of ether oxygens (including phenoxy) is 1. The average molecular weight is 354 g/mol. The van der Waals surface area contributed by atoms with Crippen LogP contribution in [0.2, 0.25) is 0 Å². The number of likely N-dealkylation sites (N-methyl/N-ethyl adjacent to an activating group) is 1. The van der Waals surface area contributed by atoms with Gasteiger partial charge >= 0.3 is 0 Å². The van der Waals surface area contributed by atoms with Crippen LogP contribution < -0.4 is 4.74 Å². The molecule has 0 aliphatic carbocycles. The van der Waals surface area contributed by atoms with Crippen molar-refractivity contribution in [3.05, 3.63) is 46.2 Å². The van der Waals surface area contributed by atoms with Gasteiger partial charge in [0.1, 0.15) is 11.9 Å². The Balaban J connectivity index is 2.24. The van der Waals surface area contributed by atoms with Gasteiger partial charge in [0.2, 0.25) is 0 Å². The molecular formula is C15H20BrN3O2. The smallest absolute Gasteiger partial charge is 0.122 e. The third-order valence-corrected chi connectivity index (χ3v) is 3.89. The highest BCUT2D eigenvalue weighted by molar-refractivity contribution is 9.10. The molecule has 21 heavy (non-hydrogen) atoms. The van der Waals surface area contributed by atoms with Crippen LogP contribution in [0.5, 0.6) is 5.75 Å². The van der Waals surface area contributed by atoms with Gasteiger partial charge in [0.05, 0.1) is 30.0 Å². The SMILES string of the molecule is COc1ccc(C(O)c2c(Br)cnn2CCN(C)C)cc1. The van der Waals surface area contributed by atoms with Gasteiger partial charge in [-0.25, -0.2) is 0 Å². The van der Waals surface area contributed by atoms with Crippen LogP contribution in [0.15, 0.2) is 34.9 Å². The normalized spacial score (nSPS) is 12.7. The number of hydrogen-bond acceptors (Lipinski definition) is 4. The second-order valence-corrected chi connectivity index (χ2v) is 5.93. The predicted octanol–water partition coefficient (Wildman–Crippen LogP) is 2.30. The first-order chi connectivity index (χ1) is 10.0. The first-order valence-electron chi connectivity index (χ1n) is 6.71. The standard InChI is InChI=1S/C15H20BrN3O2/c1-18(2)8-9-19-14(13(16)10-17-19)15(20)11-4-6-12(21-3)7-5-11/h4-7,10,15,20H,8-9H2,1-3H3. The number of nitrogens with zero attached hydrogens (tertiary/aromatic N) is 3. The molecule has 0 spiro atoms. The summed E-state index contributed by atoms with van der Waals surface area (Å²) in [6.07, 6.45) is 0.993. The maximum atomic E-state index is 10.6. The van der Waals surface area contributed by atoms with Gasteiger partial charge < -0.3 is 14.7 Å². The van der Waals surface area contributed by atoms with E-state index in [0.717, 1.165) is 34.6 Å². The largest absolute Gasteiger partial charge is 0.497 e. The quantitative estimate of drug-likeness (QED) is 0.865. The van der Waals surface area contributed by atoms with E-state index in [1.807, 2.05) is 43.0 Å². The minimum Gasteiger partial charge on any atom is -0.497 e. The van der Waals surface area contributed by atoms with Crippen molar-refractivity contribution in [1.29, 1.82) is 0 Å². The Morgan fingerprint density at radius 2 is 2.00 bits per heavy atom. The molecule has 0 aliphatic heterocycles. The fourth-order valence-electron chi connectivity index (χ4n) is 2.06. The minimum atomic E-state index is -0.727. The van der Waals surface area contributed by atoms with Gasteiger partial charge in [-0.2, -0.15) is 5.10 Å². The molecule has 6 heteroatoms. The van der Waals surface area contributed by atoms with E-state index in [9.17, 15) is 5.11 Å². The van der Waals surface area contributed by atoms with Gasteiger partial charge in [0.25, 0.3) is 0 Å². The van der Waals surface area contributed by atoms with Gasteiger partial charge in [-0.15, -0.1) is 0 Å². The third kappa shape index (κ3) is 3.84. The summed E-state index contributed by atoms with van der Waals surface area (Å²) in [4.78, 5) is 2.08. The molecule has 2 rings (SSSR count). The second kappa shape index (κ2) is 7.06. The van der Waals surface area contributed by atoms with Gasteiger partial charge in [-0.1, -0.05) is 12.1 Å². The van der Waals surface area contributed by atoms with Crippen LogP contribution in [-0.4, -0.2) is 47.5 Å². The number of benzene rings is 1. The van der Waals surface area contributed by atoms with E-state index >= 15 is 0 Å². The van der Waals surface area contributed by atoms with E-state index in [-0.39, 0.29) is 0 Å². The summed E-state index contributed by atoms with van der Waals surface area (Å²) in [5.74, 6) is 0.770. The third-order valence-electron chi connectivity index (χ3n) is 3.28. The first kappa shape index (κ1) is 16.0. The molecule has 0 aliphatic rings. The van der Waals surface area contributed by atoms with Crippen LogP contribution in [0.25, 0.3) is 0 Å². The van der Waals surface area contributed by atoms with E-state index in [1.54, 1.807) is 13.3 Å². The lowest BCUT2D eigenvalue weighted by Crippen LogP contribution is -2.21. The van der Waals surface area contributed by atoms with Gasteiger partial charge in [0, 0.05) is 6.54 Å². The molecule has 114 valence electrons. The first-order valence-corrected chi connectivity index (χ1v) is 7.50. The molecule has 0 bridgehead atoms. The van der Waals surface area contributed by atoms with E-state index in [0.29, 0.717) is 0 Å². The zero-order valence-electron chi connectivity index (χ0n) is 12.5. The number of aromatic nitrogens is 2. The fraction of sp³-hybridized carbons (Fsp3) is 0.400. The summed E-state index contributed by atoms with van der Waals surface area (Å²) in [5.41, 5.74) is 1.57. The molecule has 0 saturated carbocycles. The highest BCUT2D eigenvalue weighted by atomic mass is 79.9. The lowest BCUT2D eigenvalue weighted by Gasteiger charge is -2.16. The summed E-state index contributed by atoms with van der Waals surface area (Å²) in [5, 5.41) is 15.0. The highest BCUT2D eigenvalue weighted by Crippen LogP contribution is 2.29. The molecule has 2 aromatic rings. The monoisotopic (exact) mass is 353 g/mol. The molecule has 0 radical (unpaired) electrons. The molecule has 0 saturated heterocycles. The van der Waals surface area contributed by atoms with Crippen molar-refractivity contribution < 1.29 is 9.84 Å².